The summed E-state index contributed by atoms with van der Waals surface area (Å²) >= 11 is 13.6. The molecule has 0 aromatic heterocycles. The Bertz CT molecular complexity index is 2840. The molecule has 6 N–H and O–H groups in total. The van der Waals surface area contributed by atoms with Crippen molar-refractivity contribution in [3.63, 3.8) is 0 Å². The largest absolute Gasteiger partial charge is 0.495 e. The number of ketones is 2. The lowest BCUT2D eigenvalue weighted by Crippen LogP contribution is -2.53. The summed E-state index contributed by atoms with van der Waals surface area (Å²) in [4.78, 5) is 120. The molecule has 2 aromatic rings. The van der Waals surface area contributed by atoms with Crippen molar-refractivity contribution in [2.75, 3.05) is 44.6 Å². The Morgan fingerprint density at radius 2 is 1.71 bits per heavy atom. The number of primary amides is 1. The zero-order valence-electron chi connectivity index (χ0n) is 47.7. The van der Waals surface area contributed by atoms with Crippen LogP contribution in [-0.4, -0.2) is 139 Å². The molecule has 82 heavy (non-hydrogen) atoms. The van der Waals surface area contributed by atoms with Crippen molar-refractivity contribution in [1.82, 2.24) is 15.5 Å². The van der Waals surface area contributed by atoms with Gasteiger partial charge in [0.2, 0.25) is 11.8 Å². The molecule has 0 aliphatic carbocycles. The quantitative estimate of drug-likeness (QED) is 0.0342. The number of nitrogens with two attached hydrogens (primary N) is 1. The van der Waals surface area contributed by atoms with Crippen molar-refractivity contribution in [3.05, 3.63) is 87.5 Å². The lowest BCUT2D eigenvalue weighted by Gasteiger charge is -2.41. The van der Waals surface area contributed by atoms with E-state index in [1.54, 1.807) is 58.0 Å². The van der Waals surface area contributed by atoms with E-state index in [9.17, 15) is 48.3 Å². The van der Waals surface area contributed by atoms with Gasteiger partial charge in [-0.3, -0.25) is 43.8 Å². The number of hydrogen-bond acceptors (Lipinski definition) is 15. The van der Waals surface area contributed by atoms with E-state index in [1.165, 1.54) is 50.5 Å². The minimum atomic E-state index is -1.65. The number of aliphatic hydroxyl groups is 1. The van der Waals surface area contributed by atoms with Crippen LogP contribution in [0, 0.1) is 17.8 Å². The number of ether oxygens (including phenoxy) is 5. The van der Waals surface area contributed by atoms with Crippen LogP contribution in [0.25, 0.3) is 0 Å². The molecular formula is C59H76Cl2N6O15. The molecule has 9 atom stereocenters. The maximum Gasteiger partial charge on any atom is 0.412 e. The van der Waals surface area contributed by atoms with E-state index in [2.05, 4.69) is 16.0 Å². The Hall–Kier alpha value is -6.65. The second-order valence-electron chi connectivity index (χ2n) is 22.1. The van der Waals surface area contributed by atoms with E-state index in [-0.39, 0.29) is 97.3 Å². The number of urea groups is 1. The van der Waals surface area contributed by atoms with Gasteiger partial charge in [-0.2, -0.15) is 0 Å². The van der Waals surface area contributed by atoms with E-state index < -0.39 is 95.6 Å². The number of carbonyl (C=O) groups excluding carboxylic acids is 9. The predicted octanol–water partition coefficient (Wildman–Crippen LogP) is 7.04. The molecule has 0 unspecified atom stereocenters. The van der Waals surface area contributed by atoms with Gasteiger partial charge in [0.15, 0.2) is 5.78 Å². The van der Waals surface area contributed by atoms with Crippen LogP contribution in [0.3, 0.4) is 0 Å². The maximum absolute atomic E-state index is 14.4. The number of fused-ring (bicyclic) bond motifs is 5. The SMILES string of the molecule is COc1cc2cc(c1Cl)N(C)C(=O)C[C@H](OC(=O)Nc1ccc(CC(=O)[C@H](CCCNC(N)=O)NC(=O)[C@@H](CC(=O)CCCCCN3C(=O)C=CC3=O)C(C)C)cc1Cl)[C@]1(C)O[C@H]1[C@H](C)[C@@H]1C[C@@](O)(CC(=O)O1)[C@H](OC)/C=C/C=C(\C)C2. The highest BCUT2D eigenvalue weighted by molar-refractivity contribution is 6.35. The number of esters is 1. The molecule has 2 saturated heterocycles. The van der Waals surface area contributed by atoms with Crippen LogP contribution in [0.4, 0.5) is 21.0 Å². The van der Waals surface area contributed by atoms with Crippen molar-refractivity contribution < 1.29 is 71.9 Å². The van der Waals surface area contributed by atoms with Gasteiger partial charge in [0.1, 0.15) is 46.1 Å². The summed E-state index contributed by atoms with van der Waals surface area (Å²) in [5.74, 6) is -4.23. The number of allylic oxidation sites excluding steroid dienone is 3. The van der Waals surface area contributed by atoms with E-state index in [0.717, 1.165) is 16.0 Å². The second-order valence-corrected chi connectivity index (χ2v) is 22.9. The van der Waals surface area contributed by atoms with Gasteiger partial charge in [0.25, 0.3) is 11.8 Å². The number of unbranched alkanes of at least 4 members (excludes halogenated alkanes) is 2. The molecule has 4 aliphatic rings. The first-order valence-electron chi connectivity index (χ1n) is 27.5. The third-order valence-corrected chi connectivity index (χ3v) is 16.3. The normalized spacial score (nSPS) is 25.5. The molecule has 4 bridgehead atoms. The molecule has 446 valence electrons. The van der Waals surface area contributed by atoms with E-state index in [4.69, 9.17) is 52.6 Å². The molecule has 2 aromatic carbocycles. The molecule has 2 fully saturated rings. The summed E-state index contributed by atoms with van der Waals surface area (Å²) in [6.07, 6.45) is 4.50. The smallest absolute Gasteiger partial charge is 0.412 e. The Labute approximate surface area is 487 Å². The Balaban J connectivity index is 1.16. The lowest BCUT2D eigenvalue weighted by atomic mass is 9.78. The highest BCUT2D eigenvalue weighted by Crippen LogP contribution is 2.50. The van der Waals surface area contributed by atoms with Gasteiger partial charge in [0.05, 0.1) is 48.5 Å². The van der Waals surface area contributed by atoms with Crippen molar-refractivity contribution >= 4 is 87.9 Å². The van der Waals surface area contributed by atoms with Crippen LogP contribution in [0.2, 0.25) is 10.0 Å². The number of halogens is 2. The molecule has 21 nitrogen and oxygen atoms in total. The Morgan fingerprint density at radius 3 is 2.37 bits per heavy atom. The van der Waals surface area contributed by atoms with Crippen molar-refractivity contribution in [2.24, 2.45) is 23.5 Å². The van der Waals surface area contributed by atoms with Crippen LogP contribution in [-0.2, 0) is 65.4 Å². The number of hydrogen-bond donors (Lipinski definition) is 5. The van der Waals surface area contributed by atoms with Crippen LogP contribution in [0.1, 0.15) is 110 Å². The topological polar surface area (TPSA) is 292 Å². The summed E-state index contributed by atoms with van der Waals surface area (Å²) in [7, 11) is 4.44. The van der Waals surface area contributed by atoms with Crippen molar-refractivity contribution in [1.29, 1.82) is 0 Å². The van der Waals surface area contributed by atoms with Gasteiger partial charge in [-0.05, 0) is 87.3 Å². The van der Waals surface area contributed by atoms with Crippen LogP contribution >= 0.6 is 23.2 Å². The van der Waals surface area contributed by atoms with Gasteiger partial charge in [-0.25, -0.2) is 9.59 Å². The van der Waals surface area contributed by atoms with E-state index in [0.29, 0.717) is 42.7 Å². The number of carbonyl (C=O) groups is 9. The first-order valence-corrected chi connectivity index (χ1v) is 28.3. The number of anilines is 2. The minimum Gasteiger partial charge on any atom is -0.495 e. The average Bonchev–Trinajstić information content (AvgIpc) is 2.00. The number of epoxide rings is 1. The molecule has 0 radical (unpaired) electrons. The average molecular weight is 1180 g/mol. The fourth-order valence-electron chi connectivity index (χ4n) is 10.7. The number of nitrogens with one attached hydrogen (secondary N) is 3. The highest BCUT2D eigenvalue weighted by atomic mass is 35.5. The summed E-state index contributed by atoms with van der Waals surface area (Å²) in [5.41, 5.74) is 4.78. The Kier molecular flexibility index (Phi) is 22.5. The summed E-state index contributed by atoms with van der Waals surface area (Å²) in [5, 5.41) is 20.2. The molecule has 6 rings (SSSR count). The molecule has 4 aliphatic heterocycles. The number of imide groups is 1. The van der Waals surface area contributed by atoms with Gasteiger partial charge in [-0.15, -0.1) is 0 Å². The van der Waals surface area contributed by atoms with Crippen molar-refractivity contribution in [2.45, 2.75) is 153 Å². The molecule has 7 amide bonds. The van der Waals surface area contributed by atoms with E-state index in [1.807, 2.05) is 13.0 Å². The van der Waals surface area contributed by atoms with Crippen molar-refractivity contribution in [3.8, 4) is 5.75 Å². The van der Waals surface area contributed by atoms with Gasteiger partial charge in [-0.1, -0.05) is 80.3 Å². The summed E-state index contributed by atoms with van der Waals surface area (Å²) in [6, 6.07) is 6.22. The molecule has 4 heterocycles. The number of benzene rings is 2. The fraction of sp³-hybridized carbons (Fsp3) is 0.542. The van der Waals surface area contributed by atoms with Gasteiger partial charge >= 0.3 is 18.1 Å². The third-order valence-electron chi connectivity index (χ3n) is 15.6. The number of Topliss-reactive ketones (excluding diaryl/α,β-unsaturated/α-hetero) is 2. The lowest BCUT2D eigenvalue weighted by molar-refractivity contribution is -0.187. The third kappa shape index (κ3) is 16.8. The molecular weight excluding hydrogens is 1100 g/mol. The monoisotopic (exact) mass is 1180 g/mol. The molecule has 0 spiro atoms. The number of rotatable bonds is 22. The van der Waals surface area contributed by atoms with Crippen LogP contribution in [0.5, 0.6) is 5.75 Å². The fourth-order valence-corrected chi connectivity index (χ4v) is 11.3. The first-order chi connectivity index (χ1) is 38.8. The second kappa shape index (κ2) is 28.6. The van der Waals surface area contributed by atoms with Gasteiger partial charge < -0.3 is 50.1 Å². The highest BCUT2D eigenvalue weighted by Gasteiger charge is 2.64. The van der Waals surface area contributed by atoms with Gasteiger partial charge in [0, 0.05) is 76.9 Å². The number of methoxy groups -OCH3 is 2. The minimum absolute atomic E-state index is 0.0116. The maximum atomic E-state index is 14.4. The standard InChI is InChI=1S/C59H76Cl2N6O15/c1-33(2)39(29-38(68)15-10-9-11-23-67-49(70)20-21-50(67)71)55(74)64-42(16-13-22-63-56(62)75)44(69)27-36-18-19-41(40(60)25-36)65-57(76)81-48-30-51(72)66(6)43-26-37(28-45(78-7)53(43)61)24-34(3)14-12-17-47(79-8)59(77)31-46(80-52(73)32-59)35(4)54-58(48,5)82-54/h12,14,17-21,25-26,28,33,35,39,42,46-48,54,77H,9-11,13,15-16,22-24,27,29-32H2,1-8H3,(H,64,74)(H,65,76)(H3,62,63,75)/b17-12+,34-14+/t35-,39+,42+,46+,47-,48+,54+,58+,59-/m1/s1. The predicted molar refractivity (Wildman–Crippen MR) is 305 cm³/mol. The first kappa shape index (κ1) is 64.5. The molecule has 23 heteroatoms. The zero-order valence-corrected chi connectivity index (χ0v) is 49.2. The zero-order chi connectivity index (χ0) is 60.2. The van der Waals surface area contributed by atoms with Crippen LogP contribution in [0.15, 0.2) is 66.3 Å². The van der Waals surface area contributed by atoms with E-state index >= 15 is 0 Å². The number of nitrogens with zero attached hydrogens (tertiary/aromatic N) is 2. The molecule has 0 saturated carbocycles. The number of amides is 7. The summed E-state index contributed by atoms with van der Waals surface area (Å²) < 4.78 is 29.6. The summed E-state index contributed by atoms with van der Waals surface area (Å²) in [6.45, 7) is 9.34. The van der Waals surface area contributed by atoms with Crippen LogP contribution < -0.4 is 31.3 Å². The Morgan fingerprint density at radius 1 is 0.988 bits per heavy atom.